The summed E-state index contributed by atoms with van der Waals surface area (Å²) in [6.45, 7) is 6.85. The Morgan fingerprint density at radius 1 is 0.889 bits per heavy atom. The van der Waals surface area contributed by atoms with Crippen LogP contribution in [0.5, 0.6) is 0 Å². The molecule has 0 N–H and O–H groups in total. The summed E-state index contributed by atoms with van der Waals surface area (Å²) in [6.07, 6.45) is 2.30. The molecule has 0 fully saturated rings. The molecule has 0 radical (unpaired) electrons. The van der Waals surface area contributed by atoms with E-state index in [2.05, 4.69) is 69.3 Å². The predicted octanol–water partition coefficient (Wildman–Crippen LogP) is 5.43. The zero-order valence-electron chi connectivity index (χ0n) is 11.6. The second kappa shape index (κ2) is 5.86. The molecule has 0 heterocycles. The molecule has 0 aliphatic carbocycles. The van der Waals surface area contributed by atoms with Gasteiger partial charge in [0.1, 0.15) is 0 Å². The number of aryl methyl sites for hydroxylation is 1. The van der Waals surface area contributed by atoms with Gasteiger partial charge < -0.3 is 0 Å². The van der Waals surface area contributed by atoms with Gasteiger partial charge in [0.25, 0.3) is 0 Å². The highest BCUT2D eigenvalue weighted by Crippen LogP contribution is 2.33. The summed E-state index contributed by atoms with van der Waals surface area (Å²) in [5.74, 6) is 0.622. The Morgan fingerprint density at radius 3 is 2.22 bits per heavy atom. The minimum Gasteiger partial charge on any atom is -0.0648 e. The van der Waals surface area contributed by atoms with Gasteiger partial charge in [-0.15, -0.1) is 0 Å². The van der Waals surface area contributed by atoms with Gasteiger partial charge in [-0.05, 0) is 41.0 Å². The number of hydrogen-bond acceptors (Lipinski definition) is 0. The molecule has 0 amide bonds. The molecule has 0 aliphatic heterocycles. The predicted molar refractivity (Wildman–Crippen MR) is 80.0 cm³/mol. The van der Waals surface area contributed by atoms with Crippen LogP contribution < -0.4 is 0 Å². The minimum atomic E-state index is 0.622. The highest BCUT2D eigenvalue weighted by atomic mass is 14.2. The van der Waals surface area contributed by atoms with Gasteiger partial charge in [0.05, 0.1) is 0 Å². The summed E-state index contributed by atoms with van der Waals surface area (Å²) in [5, 5.41) is 0. The molecule has 0 spiro atoms. The topological polar surface area (TPSA) is 0 Å². The van der Waals surface area contributed by atoms with Crippen molar-refractivity contribution in [2.45, 2.75) is 39.5 Å². The summed E-state index contributed by atoms with van der Waals surface area (Å²) in [4.78, 5) is 0. The van der Waals surface area contributed by atoms with Crippen molar-refractivity contribution in [1.82, 2.24) is 0 Å². The van der Waals surface area contributed by atoms with Crippen LogP contribution in [0.1, 0.15) is 44.2 Å². The largest absolute Gasteiger partial charge is 0.0648 e. The molecular weight excluding hydrogens is 216 g/mol. The molecular formula is C18H22. The lowest BCUT2D eigenvalue weighted by molar-refractivity contribution is 0.725. The van der Waals surface area contributed by atoms with Crippen LogP contribution in [0.4, 0.5) is 0 Å². The summed E-state index contributed by atoms with van der Waals surface area (Å²) in [5.41, 5.74) is 5.77. The summed E-state index contributed by atoms with van der Waals surface area (Å²) in [6, 6.07) is 17.5. The monoisotopic (exact) mass is 238 g/mol. The average molecular weight is 238 g/mol. The van der Waals surface area contributed by atoms with Gasteiger partial charge in [0.2, 0.25) is 0 Å². The molecule has 0 nitrogen and oxygen atoms in total. The van der Waals surface area contributed by atoms with E-state index < -0.39 is 0 Å². The molecule has 1 unspecified atom stereocenters. The van der Waals surface area contributed by atoms with E-state index in [1.165, 1.54) is 28.7 Å². The van der Waals surface area contributed by atoms with Gasteiger partial charge >= 0.3 is 0 Å². The lowest BCUT2D eigenvalue weighted by Crippen LogP contribution is -2.00. The van der Waals surface area contributed by atoms with Gasteiger partial charge in [0.15, 0.2) is 0 Å². The number of rotatable bonds is 4. The van der Waals surface area contributed by atoms with Crippen LogP contribution >= 0.6 is 0 Å². The molecule has 18 heavy (non-hydrogen) atoms. The van der Waals surface area contributed by atoms with E-state index in [1.54, 1.807) is 0 Å². The first-order valence-corrected chi connectivity index (χ1v) is 6.95. The maximum atomic E-state index is 2.33. The fourth-order valence-electron chi connectivity index (χ4n) is 2.58. The Balaban J connectivity index is 2.60. The third-order valence-electron chi connectivity index (χ3n) is 3.77. The molecule has 0 bridgehead atoms. The molecule has 2 rings (SSSR count). The molecule has 0 aliphatic rings. The van der Waals surface area contributed by atoms with E-state index in [9.17, 15) is 0 Å². The molecule has 1 atom stereocenters. The highest BCUT2D eigenvalue weighted by molar-refractivity contribution is 5.69. The van der Waals surface area contributed by atoms with Crippen LogP contribution in [0, 0.1) is 0 Å². The first-order chi connectivity index (χ1) is 8.77. The third-order valence-corrected chi connectivity index (χ3v) is 3.77. The molecule has 0 saturated heterocycles. The first-order valence-electron chi connectivity index (χ1n) is 6.95. The van der Waals surface area contributed by atoms with Crippen molar-refractivity contribution >= 4 is 0 Å². The Kier molecular flexibility index (Phi) is 4.19. The van der Waals surface area contributed by atoms with Gasteiger partial charge in [-0.1, -0.05) is 69.3 Å². The maximum absolute atomic E-state index is 2.33. The fourth-order valence-corrected chi connectivity index (χ4v) is 2.58. The summed E-state index contributed by atoms with van der Waals surface area (Å²) >= 11 is 0. The number of benzene rings is 2. The van der Waals surface area contributed by atoms with E-state index in [0.29, 0.717) is 5.92 Å². The van der Waals surface area contributed by atoms with E-state index in [0.717, 1.165) is 6.42 Å². The minimum absolute atomic E-state index is 0.622. The van der Waals surface area contributed by atoms with Gasteiger partial charge in [-0.3, -0.25) is 0 Å². The zero-order chi connectivity index (χ0) is 13.0. The lowest BCUT2D eigenvalue weighted by Gasteiger charge is -2.19. The smallest absolute Gasteiger partial charge is 0.0146 e. The Labute approximate surface area is 111 Å². The van der Waals surface area contributed by atoms with Crippen molar-refractivity contribution < 1.29 is 0 Å². The zero-order valence-corrected chi connectivity index (χ0v) is 11.6. The highest BCUT2D eigenvalue weighted by Gasteiger charge is 2.13. The fraction of sp³-hybridized carbons (Fsp3) is 0.333. The van der Waals surface area contributed by atoms with Crippen LogP contribution in [0.2, 0.25) is 0 Å². The van der Waals surface area contributed by atoms with Crippen LogP contribution in [0.3, 0.4) is 0 Å². The van der Waals surface area contributed by atoms with Crippen LogP contribution in [0.25, 0.3) is 11.1 Å². The molecule has 0 heteroatoms. The Morgan fingerprint density at radius 2 is 1.61 bits per heavy atom. The average Bonchev–Trinajstić information content (AvgIpc) is 2.46. The molecule has 0 aromatic heterocycles. The van der Waals surface area contributed by atoms with Crippen molar-refractivity contribution in [2.24, 2.45) is 0 Å². The molecule has 2 aromatic carbocycles. The Bertz CT molecular complexity index is 497. The summed E-state index contributed by atoms with van der Waals surface area (Å²) in [7, 11) is 0. The van der Waals surface area contributed by atoms with E-state index >= 15 is 0 Å². The molecule has 94 valence electrons. The second-order valence-electron chi connectivity index (χ2n) is 4.91. The van der Waals surface area contributed by atoms with Gasteiger partial charge in [-0.25, -0.2) is 0 Å². The maximum Gasteiger partial charge on any atom is -0.0146 e. The Hall–Kier alpha value is -1.56. The number of hydrogen-bond donors (Lipinski definition) is 0. The van der Waals surface area contributed by atoms with Crippen molar-refractivity contribution in [3.05, 3.63) is 59.7 Å². The second-order valence-corrected chi connectivity index (χ2v) is 4.91. The third kappa shape index (κ3) is 2.48. The van der Waals surface area contributed by atoms with Crippen LogP contribution in [0.15, 0.2) is 48.5 Å². The van der Waals surface area contributed by atoms with E-state index in [4.69, 9.17) is 0 Å². The SMILES string of the molecule is CCc1cccc(-c2ccccc2)c1C(C)CC. The molecule has 2 aromatic rings. The summed E-state index contributed by atoms with van der Waals surface area (Å²) < 4.78 is 0. The van der Waals surface area contributed by atoms with Crippen molar-refractivity contribution in [1.29, 1.82) is 0 Å². The quantitative estimate of drug-likeness (QED) is 0.666. The lowest BCUT2D eigenvalue weighted by atomic mass is 9.85. The van der Waals surface area contributed by atoms with Crippen LogP contribution in [-0.2, 0) is 6.42 Å². The standard InChI is InChI=1S/C18H22/c1-4-14(3)18-15(5-2)12-9-13-17(18)16-10-7-6-8-11-16/h6-14H,4-5H2,1-3H3. The molecule has 0 saturated carbocycles. The van der Waals surface area contributed by atoms with Crippen molar-refractivity contribution in [2.75, 3.05) is 0 Å². The van der Waals surface area contributed by atoms with E-state index in [1.807, 2.05) is 0 Å². The van der Waals surface area contributed by atoms with Crippen molar-refractivity contribution in [3.8, 4) is 11.1 Å². The van der Waals surface area contributed by atoms with Gasteiger partial charge in [-0.2, -0.15) is 0 Å². The van der Waals surface area contributed by atoms with Crippen LogP contribution in [-0.4, -0.2) is 0 Å². The van der Waals surface area contributed by atoms with Crippen molar-refractivity contribution in [3.63, 3.8) is 0 Å². The first kappa shape index (κ1) is 12.9. The van der Waals surface area contributed by atoms with E-state index in [-0.39, 0.29) is 0 Å². The normalized spacial score (nSPS) is 12.4. The van der Waals surface area contributed by atoms with Gasteiger partial charge in [0, 0.05) is 0 Å².